The Morgan fingerprint density at radius 3 is 2.42 bits per heavy atom. The van der Waals surface area contributed by atoms with Crippen molar-refractivity contribution in [2.24, 2.45) is 0 Å². The molecule has 1 aliphatic rings. The quantitative estimate of drug-likeness (QED) is 0.182. The number of carbonyl (C=O) groups is 2. The van der Waals surface area contributed by atoms with Crippen LogP contribution in [0.25, 0.3) is 6.08 Å². The summed E-state index contributed by atoms with van der Waals surface area (Å²) in [5, 5.41) is 0.395. The van der Waals surface area contributed by atoms with Crippen LogP contribution in [0, 0.1) is 9.39 Å². The molecular formula is C26H19Cl2FINO4S. The molecule has 1 fully saturated rings. The predicted molar refractivity (Wildman–Crippen MR) is 149 cm³/mol. The number of amides is 2. The molecule has 0 N–H and O–H groups in total. The van der Waals surface area contributed by atoms with E-state index < -0.39 is 0 Å². The van der Waals surface area contributed by atoms with Crippen molar-refractivity contribution in [3.63, 3.8) is 0 Å². The lowest BCUT2D eigenvalue weighted by atomic mass is 10.1. The molecule has 1 saturated heterocycles. The molecule has 4 rings (SSSR count). The summed E-state index contributed by atoms with van der Waals surface area (Å²) in [6, 6.07) is 14.7. The Labute approximate surface area is 235 Å². The van der Waals surface area contributed by atoms with E-state index in [0.717, 1.165) is 20.9 Å². The smallest absolute Gasteiger partial charge is 0.293 e. The summed E-state index contributed by atoms with van der Waals surface area (Å²) in [4.78, 5) is 27.0. The molecule has 2 amide bonds. The maximum atomic E-state index is 13.2. The third-order valence-corrected chi connectivity index (χ3v) is 7.57. The van der Waals surface area contributed by atoms with E-state index in [1.165, 1.54) is 17.0 Å². The number of nitrogens with zero attached hydrogens (tertiary/aromatic N) is 1. The second-order valence-corrected chi connectivity index (χ2v) is 10.7. The minimum absolute atomic E-state index is 0.0940. The zero-order valence-corrected chi connectivity index (χ0v) is 23.4. The highest BCUT2D eigenvalue weighted by Gasteiger charge is 2.35. The summed E-state index contributed by atoms with van der Waals surface area (Å²) in [5.74, 6) is 0.356. The van der Waals surface area contributed by atoms with Crippen LogP contribution in [-0.4, -0.2) is 22.7 Å². The molecule has 1 aliphatic heterocycles. The Morgan fingerprint density at radius 2 is 1.72 bits per heavy atom. The van der Waals surface area contributed by atoms with Gasteiger partial charge in [0.2, 0.25) is 0 Å². The topological polar surface area (TPSA) is 55.8 Å². The first kappa shape index (κ1) is 26.8. The molecule has 0 aliphatic carbocycles. The summed E-state index contributed by atoms with van der Waals surface area (Å²) < 4.78 is 25.7. The van der Waals surface area contributed by atoms with Crippen LogP contribution in [0.2, 0.25) is 10.0 Å². The van der Waals surface area contributed by atoms with Crippen molar-refractivity contribution in [2.75, 3.05) is 6.61 Å². The van der Waals surface area contributed by atoms with E-state index in [1.54, 1.807) is 42.5 Å². The normalized spacial score (nSPS) is 14.6. The molecule has 1 heterocycles. The van der Waals surface area contributed by atoms with E-state index in [9.17, 15) is 14.0 Å². The molecule has 0 radical (unpaired) electrons. The van der Waals surface area contributed by atoms with Crippen molar-refractivity contribution in [1.82, 2.24) is 4.90 Å². The Kier molecular flexibility index (Phi) is 8.82. The number of rotatable bonds is 8. The number of thioether (sulfide) groups is 1. The largest absolute Gasteiger partial charge is 0.490 e. The van der Waals surface area contributed by atoms with Crippen molar-refractivity contribution in [1.29, 1.82) is 0 Å². The minimum Gasteiger partial charge on any atom is -0.490 e. The average Bonchev–Trinajstić information content (AvgIpc) is 3.09. The maximum Gasteiger partial charge on any atom is 0.293 e. The first-order valence-electron chi connectivity index (χ1n) is 10.8. The van der Waals surface area contributed by atoms with Gasteiger partial charge in [-0.3, -0.25) is 14.5 Å². The monoisotopic (exact) mass is 657 g/mol. The van der Waals surface area contributed by atoms with Gasteiger partial charge in [-0.25, -0.2) is 4.39 Å². The average molecular weight is 658 g/mol. The lowest BCUT2D eigenvalue weighted by molar-refractivity contribution is -0.123. The van der Waals surface area contributed by atoms with Gasteiger partial charge in [-0.2, -0.15) is 0 Å². The number of carbonyl (C=O) groups excluding carboxylic acids is 2. The van der Waals surface area contributed by atoms with Crippen LogP contribution in [-0.2, 0) is 17.9 Å². The Balaban J connectivity index is 1.54. The highest BCUT2D eigenvalue weighted by Crippen LogP contribution is 2.38. The van der Waals surface area contributed by atoms with Crippen LogP contribution in [0.4, 0.5) is 9.18 Å². The van der Waals surface area contributed by atoms with Crippen molar-refractivity contribution in [3.05, 3.63) is 95.6 Å². The maximum absolute atomic E-state index is 13.2. The van der Waals surface area contributed by atoms with E-state index in [4.69, 9.17) is 32.7 Å². The molecule has 0 spiro atoms. The van der Waals surface area contributed by atoms with E-state index >= 15 is 0 Å². The highest BCUT2D eigenvalue weighted by atomic mass is 127. The van der Waals surface area contributed by atoms with Crippen molar-refractivity contribution in [2.45, 2.75) is 20.1 Å². The Hall–Kier alpha value is -2.27. The standard InChI is InChI=1S/C26H19Cl2FINO4S/c1-2-34-22-11-17(10-21(30)24(22)35-14-15-3-6-18(29)7-4-15)12-23-25(32)31(26(33)36-23)13-16-5-8-19(27)20(28)9-16/h3-12H,2,13-14H2,1H3/b23-12-. The van der Waals surface area contributed by atoms with E-state index in [1.807, 2.05) is 13.0 Å². The van der Waals surface area contributed by atoms with E-state index in [-0.39, 0.29) is 30.1 Å². The minimum atomic E-state index is -0.388. The lowest BCUT2D eigenvalue weighted by Gasteiger charge is -2.15. The fourth-order valence-electron chi connectivity index (χ4n) is 3.42. The SMILES string of the molecule is CCOc1cc(/C=C2\SC(=O)N(Cc3ccc(Cl)c(Cl)c3)C2=O)cc(I)c1OCc1ccc(F)cc1. The molecule has 0 atom stereocenters. The number of hydrogen-bond donors (Lipinski definition) is 0. The summed E-state index contributed by atoms with van der Waals surface area (Å²) >= 11 is 15.0. The fraction of sp³-hybridized carbons (Fsp3) is 0.154. The van der Waals surface area contributed by atoms with Crippen LogP contribution < -0.4 is 9.47 Å². The molecule has 0 aromatic heterocycles. The Morgan fingerprint density at radius 1 is 1.00 bits per heavy atom. The number of imide groups is 1. The molecular weight excluding hydrogens is 639 g/mol. The molecule has 5 nitrogen and oxygen atoms in total. The van der Waals surface area contributed by atoms with Crippen LogP contribution >= 0.6 is 57.6 Å². The molecule has 0 unspecified atom stereocenters. The molecule has 36 heavy (non-hydrogen) atoms. The van der Waals surface area contributed by atoms with Gasteiger partial charge in [0.05, 0.1) is 31.7 Å². The zero-order chi connectivity index (χ0) is 25.8. The number of ether oxygens (including phenoxy) is 2. The number of halogens is 4. The summed E-state index contributed by atoms with van der Waals surface area (Å²) in [7, 11) is 0. The molecule has 3 aromatic rings. The second-order valence-electron chi connectivity index (χ2n) is 7.69. The van der Waals surface area contributed by atoms with E-state index in [0.29, 0.717) is 44.2 Å². The van der Waals surface area contributed by atoms with Crippen LogP contribution in [0.3, 0.4) is 0 Å². The third-order valence-electron chi connectivity index (χ3n) is 5.12. The van der Waals surface area contributed by atoms with Crippen molar-refractivity contribution < 1.29 is 23.5 Å². The number of hydrogen-bond acceptors (Lipinski definition) is 5. The molecule has 3 aromatic carbocycles. The highest BCUT2D eigenvalue weighted by molar-refractivity contribution is 14.1. The number of benzene rings is 3. The van der Waals surface area contributed by atoms with Gasteiger partial charge >= 0.3 is 0 Å². The van der Waals surface area contributed by atoms with Crippen LogP contribution in [0.1, 0.15) is 23.6 Å². The predicted octanol–water partition coefficient (Wildman–Crippen LogP) is 7.95. The molecule has 186 valence electrons. The third kappa shape index (κ3) is 6.34. The van der Waals surface area contributed by atoms with Crippen LogP contribution in [0.15, 0.2) is 59.5 Å². The van der Waals surface area contributed by atoms with Crippen molar-refractivity contribution >= 4 is 74.8 Å². The van der Waals surface area contributed by atoms with Gasteiger partial charge in [0.25, 0.3) is 11.1 Å². The summed E-state index contributed by atoms with van der Waals surface area (Å²) in [6.07, 6.45) is 1.66. The van der Waals surface area contributed by atoms with Gasteiger partial charge in [-0.1, -0.05) is 41.4 Å². The first-order valence-corrected chi connectivity index (χ1v) is 13.4. The van der Waals surface area contributed by atoms with Gasteiger partial charge < -0.3 is 9.47 Å². The summed E-state index contributed by atoms with van der Waals surface area (Å²) in [5.41, 5.74) is 2.20. The van der Waals surface area contributed by atoms with Gasteiger partial charge in [-0.05, 0) is 100 Å². The second kappa shape index (κ2) is 11.9. The first-order chi connectivity index (χ1) is 17.2. The summed E-state index contributed by atoms with van der Waals surface area (Å²) in [6.45, 7) is 2.60. The Bertz CT molecular complexity index is 1350. The van der Waals surface area contributed by atoms with Gasteiger partial charge in [0.1, 0.15) is 12.4 Å². The van der Waals surface area contributed by atoms with E-state index in [2.05, 4.69) is 22.6 Å². The van der Waals surface area contributed by atoms with Crippen molar-refractivity contribution in [3.8, 4) is 11.5 Å². The molecule has 10 heteroatoms. The van der Waals surface area contributed by atoms with Gasteiger partial charge in [0, 0.05) is 0 Å². The van der Waals surface area contributed by atoms with Gasteiger partial charge in [0.15, 0.2) is 11.5 Å². The van der Waals surface area contributed by atoms with Gasteiger partial charge in [-0.15, -0.1) is 0 Å². The van der Waals surface area contributed by atoms with Crippen LogP contribution in [0.5, 0.6) is 11.5 Å². The fourth-order valence-corrected chi connectivity index (χ4v) is 5.36. The molecule has 0 bridgehead atoms. The molecule has 0 saturated carbocycles. The zero-order valence-electron chi connectivity index (χ0n) is 18.9. The lowest BCUT2D eigenvalue weighted by Crippen LogP contribution is -2.27.